The highest BCUT2D eigenvalue weighted by Crippen LogP contribution is 2.43. The summed E-state index contributed by atoms with van der Waals surface area (Å²) < 4.78 is 6.16. The zero-order valence-corrected chi connectivity index (χ0v) is 24.3. The summed E-state index contributed by atoms with van der Waals surface area (Å²) in [4.78, 5) is 32.2. The Morgan fingerprint density at radius 2 is 1.66 bits per heavy atom. The van der Waals surface area contributed by atoms with E-state index in [9.17, 15) is 14.7 Å². The maximum atomic E-state index is 13.4. The van der Waals surface area contributed by atoms with Crippen LogP contribution in [0.15, 0.2) is 72.9 Å². The van der Waals surface area contributed by atoms with Crippen molar-refractivity contribution in [3.63, 3.8) is 0 Å². The molecule has 7 heteroatoms. The number of ether oxygens (including phenoxy) is 1. The second-order valence-electron chi connectivity index (χ2n) is 12.4. The van der Waals surface area contributed by atoms with Gasteiger partial charge in [0.05, 0.1) is 22.8 Å². The number of nitrogens with zero attached hydrogens (tertiary/aromatic N) is 2. The second-order valence-corrected chi connectivity index (χ2v) is 12.4. The molecule has 1 aromatic heterocycles. The van der Waals surface area contributed by atoms with E-state index in [4.69, 9.17) is 10.5 Å². The fourth-order valence-corrected chi connectivity index (χ4v) is 6.66. The van der Waals surface area contributed by atoms with Gasteiger partial charge in [0.1, 0.15) is 5.60 Å². The van der Waals surface area contributed by atoms with E-state index in [1.54, 1.807) is 18.7 Å². The summed E-state index contributed by atoms with van der Waals surface area (Å²) in [6.45, 7) is 6.01. The first-order valence-corrected chi connectivity index (χ1v) is 14.7. The van der Waals surface area contributed by atoms with Gasteiger partial charge in [-0.15, -0.1) is 0 Å². The van der Waals surface area contributed by atoms with Gasteiger partial charge in [-0.3, -0.25) is 9.78 Å². The molecule has 1 saturated heterocycles. The first kappa shape index (κ1) is 28.8. The van der Waals surface area contributed by atoms with Crippen molar-refractivity contribution in [3.05, 3.63) is 89.7 Å². The minimum Gasteiger partial charge on any atom is -0.438 e. The van der Waals surface area contributed by atoms with E-state index < -0.39 is 16.6 Å². The number of aromatic nitrogens is 1. The van der Waals surface area contributed by atoms with Crippen molar-refractivity contribution in [3.8, 4) is 11.1 Å². The summed E-state index contributed by atoms with van der Waals surface area (Å²) in [5, 5.41) is 10.6. The molecule has 2 fully saturated rings. The van der Waals surface area contributed by atoms with Gasteiger partial charge >= 0.3 is 6.09 Å². The maximum Gasteiger partial charge on any atom is 0.411 e. The van der Waals surface area contributed by atoms with Crippen molar-refractivity contribution in [2.75, 3.05) is 6.54 Å². The lowest BCUT2D eigenvalue weighted by molar-refractivity contribution is -0.124. The van der Waals surface area contributed by atoms with Gasteiger partial charge in [0.15, 0.2) is 0 Å². The Morgan fingerprint density at radius 1 is 1.00 bits per heavy atom. The van der Waals surface area contributed by atoms with Crippen LogP contribution in [0.4, 0.5) is 4.79 Å². The molecular formula is C34H41N3O4. The molecule has 1 aliphatic heterocycles. The van der Waals surface area contributed by atoms with Crippen LogP contribution in [0, 0.1) is 0 Å². The fourth-order valence-electron chi connectivity index (χ4n) is 6.66. The number of carbonyl (C=O) groups is 2. The second kappa shape index (κ2) is 11.3. The van der Waals surface area contributed by atoms with E-state index in [0.717, 1.165) is 60.1 Å². The number of carbonyl (C=O) groups excluding carboxylic acids is 2. The monoisotopic (exact) mass is 555 g/mol. The number of primary amides is 1. The third-order valence-electron chi connectivity index (χ3n) is 8.92. The average Bonchev–Trinajstić information content (AvgIpc) is 2.97. The maximum absolute atomic E-state index is 13.4. The zero-order valence-electron chi connectivity index (χ0n) is 24.3. The minimum absolute atomic E-state index is 0.185. The number of aliphatic hydroxyl groups is 1. The van der Waals surface area contributed by atoms with Crippen molar-refractivity contribution in [2.45, 2.75) is 88.4 Å². The topological polar surface area (TPSA) is 106 Å². The minimum atomic E-state index is -0.996. The van der Waals surface area contributed by atoms with Crippen LogP contribution < -0.4 is 5.73 Å². The van der Waals surface area contributed by atoms with Crippen LogP contribution in [-0.2, 0) is 20.5 Å². The molecule has 0 radical (unpaired) electrons. The molecule has 216 valence electrons. The third kappa shape index (κ3) is 5.87. The molecule has 2 atom stereocenters. The van der Waals surface area contributed by atoms with E-state index in [1.165, 1.54) is 0 Å². The smallest absolute Gasteiger partial charge is 0.411 e. The van der Waals surface area contributed by atoms with Crippen molar-refractivity contribution >= 4 is 12.0 Å². The van der Waals surface area contributed by atoms with Gasteiger partial charge in [-0.1, -0.05) is 79.9 Å². The highest BCUT2D eigenvalue weighted by molar-refractivity contribution is 5.86. The summed E-state index contributed by atoms with van der Waals surface area (Å²) in [7, 11) is 0. The molecule has 2 amide bonds. The van der Waals surface area contributed by atoms with Gasteiger partial charge in [-0.25, -0.2) is 4.79 Å². The van der Waals surface area contributed by atoms with Gasteiger partial charge in [0, 0.05) is 31.1 Å². The molecule has 0 spiro atoms. The standard InChI is InChI=1S/C34H41N3O4/c1-24(37-21-20-34(41-31(37)39,23-32(2,3)40)28-10-6-4-7-11-28)25-12-14-26(15-13-25)27-16-17-29(36-22-27)33(30(35)38)18-8-5-9-19-33/h4,6-7,10-17,22,24,40H,5,8-9,18-21,23H2,1-3H3,(H2,35,38). The SMILES string of the molecule is CC(c1ccc(-c2ccc(C3(C(N)=O)CCCCC3)nc2)cc1)N1CCC(CC(C)(C)O)(c2ccccc2)OC1=O. The van der Waals surface area contributed by atoms with E-state index in [2.05, 4.69) is 4.98 Å². The Morgan fingerprint density at radius 3 is 2.22 bits per heavy atom. The number of amides is 2. The number of cyclic esters (lactones) is 1. The quantitative estimate of drug-likeness (QED) is 0.335. The van der Waals surface area contributed by atoms with Crippen molar-refractivity contribution in [1.29, 1.82) is 0 Å². The normalized spacial score (nSPS) is 21.7. The van der Waals surface area contributed by atoms with Crippen LogP contribution in [0.25, 0.3) is 11.1 Å². The molecule has 1 saturated carbocycles. The molecule has 2 unspecified atom stereocenters. The molecule has 2 heterocycles. The number of rotatable bonds is 8. The number of hydrogen-bond acceptors (Lipinski definition) is 5. The molecule has 3 N–H and O–H groups in total. The molecule has 2 aromatic carbocycles. The Kier molecular flexibility index (Phi) is 7.93. The molecule has 2 aliphatic rings. The van der Waals surface area contributed by atoms with Crippen LogP contribution in [0.1, 0.15) is 88.6 Å². The van der Waals surface area contributed by atoms with Gasteiger partial charge in [-0.05, 0) is 56.4 Å². The van der Waals surface area contributed by atoms with E-state index in [-0.39, 0.29) is 18.0 Å². The molecule has 41 heavy (non-hydrogen) atoms. The number of benzene rings is 2. The highest BCUT2D eigenvalue weighted by atomic mass is 16.6. The first-order valence-electron chi connectivity index (χ1n) is 14.7. The van der Waals surface area contributed by atoms with Gasteiger partial charge in [-0.2, -0.15) is 0 Å². The Hall–Kier alpha value is -3.71. The lowest BCUT2D eigenvalue weighted by Gasteiger charge is -2.45. The lowest BCUT2D eigenvalue weighted by atomic mass is 9.71. The van der Waals surface area contributed by atoms with Gasteiger partial charge < -0.3 is 20.5 Å². The third-order valence-corrected chi connectivity index (χ3v) is 8.92. The molecule has 1 aliphatic carbocycles. The largest absolute Gasteiger partial charge is 0.438 e. The molecule has 0 bridgehead atoms. The summed E-state index contributed by atoms with van der Waals surface area (Å²) in [6, 6.07) is 21.6. The first-order chi connectivity index (χ1) is 19.5. The van der Waals surface area contributed by atoms with Crippen LogP contribution in [-0.4, -0.2) is 39.1 Å². The number of pyridine rings is 1. The summed E-state index contributed by atoms with van der Waals surface area (Å²) in [5.41, 5.74) is 7.94. The summed E-state index contributed by atoms with van der Waals surface area (Å²) in [5.74, 6) is -0.284. The number of hydrogen-bond donors (Lipinski definition) is 2. The molecule has 5 rings (SSSR count). The average molecular weight is 556 g/mol. The van der Waals surface area contributed by atoms with E-state index in [0.29, 0.717) is 19.4 Å². The molecule has 7 nitrogen and oxygen atoms in total. The molecular weight excluding hydrogens is 514 g/mol. The van der Waals surface area contributed by atoms with E-state index in [1.807, 2.05) is 79.9 Å². The predicted octanol–water partition coefficient (Wildman–Crippen LogP) is 6.40. The van der Waals surface area contributed by atoms with Gasteiger partial charge in [0.2, 0.25) is 5.91 Å². The lowest BCUT2D eigenvalue weighted by Crippen LogP contribution is -2.51. The highest BCUT2D eigenvalue weighted by Gasteiger charge is 2.46. The molecule has 3 aromatic rings. The van der Waals surface area contributed by atoms with Crippen molar-refractivity contribution in [1.82, 2.24) is 9.88 Å². The predicted molar refractivity (Wildman–Crippen MR) is 159 cm³/mol. The van der Waals surface area contributed by atoms with Crippen LogP contribution in [0.2, 0.25) is 0 Å². The van der Waals surface area contributed by atoms with Crippen molar-refractivity contribution in [2.24, 2.45) is 5.73 Å². The van der Waals surface area contributed by atoms with Crippen LogP contribution in [0.3, 0.4) is 0 Å². The van der Waals surface area contributed by atoms with Crippen LogP contribution >= 0.6 is 0 Å². The fraction of sp³-hybridized carbons (Fsp3) is 0.441. The summed E-state index contributed by atoms with van der Waals surface area (Å²) >= 11 is 0. The van der Waals surface area contributed by atoms with Crippen LogP contribution in [0.5, 0.6) is 0 Å². The summed E-state index contributed by atoms with van der Waals surface area (Å²) in [6.07, 6.45) is 6.95. The Bertz CT molecular complexity index is 1360. The van der Waals surface area contributed by atoms with E-state index >= 15 is 0 Å². The zero-order chi connectivity index (χ0) is 29.3. The van der Waals surface area contributed by atoms with Crippen molar-refractivity contribution < 1.29 is 19.4 Å². The number of nitrogens with two attached hydrogens (primary N) is 1. The van der Waals surface area contributed by atoms with Gasteiger partial charge in [0.25, 0.3) is 0 Å². The Balaban J connectivity index is 1.30. The Labute approximate surface area is 242 Å².